The van der Waals surface area contributed by atoms with E-state index < -0.39 is 0 Å². The number of amides is 2. The van der Waals surface area contributed by atoms with Crippen molar-refractivity contribution in [2.24, 2.45) is 5.92 Å². The van der Waals surface area contributed by atoms with Crippen LogP contribution in [-0.4, -0.2) is 49.9 Å². The highest BCUT2D eigenvalue weighted by Gasteiger charge is 2.28. The summed E-state index contributed by atoms with van der Waals surface area (Å²) in [7, 11) is 2.05. The van der Waals surface area contributed by atoms with Crippen LogP contribution in [0.3, 0.4) is 0 Å². The third kappa shape index (κ3) is 5.97. The first-order valence-electron chi connectivity index (χ1n) is 10.1. The predicted octanol–water partition coefficient (Wildman–Crippen LogP) is 3.83. The van der Waals surface area contributed by atoms with Gasteiger partial charge in [-0.2, -0.15) is 0 Å². The molecule has 0 radical (unpaired) electrons. The van der Waals surface area contributed by atoms with E-state index in [1.807, 2.05) is 18.2 Å². The number of carbonyl (C=O) groups is 2. The third-order valence-electron chi connectivity index (χ3n) is 5.32. The molecule has 1 saturated heterocycles. The molecule has 1 N–H and O–H groups in total. The molecule has 2 aromatic carbocycles. The van der Waals surface area contributed by atoms with Gasteiger partial charge >= 0.3 is 0 Å². The molecule has 2 amide bonds. The number of nitrogens with zero attached hydrogens (tertiary/aromatic N) is 2. The summed E-state index contributed by atoms with van der Waals surface area (Å²) in [5, 5.41) is 3.59. The molecule has 1 fully saturated rings. The standard InChI is InChI=1S/C23H28ClN3O2/c1-26(21-11-3-2-4-12-21)14-7-13-25-22(28)19-9-6-15-27(17-19)23(29)18-8-5-10-20(24)16-18/h2-5,8,10-12,16,19H,6-7,9,13-15,17H2,1H3,(H,25,28). The molecule has 1 aliphatic heterocycles. The fourth-order valence-electron chi connectivity index (χ4n) is 3.66. The Bertz CT molecular complexity index is 828. The molecule has 0 bridgehead atoms. The van der Waals surface area contributed by atoms with Gasteiger partial charge < -0.3 is 15.1 Å². The van der Waals surface area contributed by atoms with Crippen LogP contribution in [0.25, 0.3) is 0 Å². The van der Waals surface area contributed by atoms with Crippen molar-refractivity contribution in [1.82, 2.24) is 10.2 Å². The Morgan fingerprint density at radius 3 is 2.72 bits per heavy atom. The second-order valence-corrected chi connectivity index (χ2v) is 7.94. The first-order valence-corrected chi connectivity index (χ1v) is 10.5. The van der Waals surface area contributed by atoms with Crippen LogP contribution in [0.1, 0.15) is 29.6 Å². The van der Waals surface area contributed by atoms with Crippen molar-refractivity contribution in [2.75, 3.05) is 38.1 Å². The highest BCUT2D eigenvalue weighted by atomic mass is 35.5. The second-order valence-electron chi connectivity index (χ2n) is 7.50. The number of anilines is 1. The number of piperidine rings is 1. The van der Waals surface area contributed by atoms with E-state index in [0.717, 1.165) is 25.8 Å². The molecule has 0 aromatic heterocycles. The molecule has 3 rings (SSSR count). The summed E-state index contributed by atoms with van der Waals surface area (Å²) in [5.74, 6) is -0.177. The minimum atomic E-state index is -0.154. The van der Waals surface area contributed by atoms with Crippen LogP contribution in [0, 0.1) is 5.92 Å². The molecule has 0 saturated carbocycles. The van der Waals surface area contributed by atoms with Crippen molar-refractivity contribution in [3.63, 3.8) is 0 Å². The first-order chi connectivity index (χ1) is 14.0. The van der Waals surface area contributed by atoms with Gasteiger partial charge in [0.2, 0.25) is 5.91 Å². The normalized spacial score (nSPS) is 16.3. The Kier molecular flexibility index (Phi) is 7.53. The SMILES string of the molecule is CN(CCCNC(=O)C1CCCN(C(=O)c2cccc(Cl)c2)C1)c1ccccc1. The van der Waals surface area contributed by atoms with Crippen LogP contribution < -0.4 is 10.2 Å². The topological polar surface area (TPSA) is 52.7 Å². The van der Waals surface area contributed by atoms with E-state index in [0.29, 0.717) is 30.2 Å². The summed E-state index contributed by atoms with van der Waals surface area (Å²) in [6, 6.07) is 17.2. The van der Waals surface area contributed by atoms with Crippen molar-refractivity contribution >= 4 is 29.1 Å². The van der Waals surface area contributed by atoms with E-state index in [4.69, 9.17) is 11.6 Å². The van der Waals surface area contributed by atoms with Crippen molar-refractivity contribution < 1.29 is 9.59 Å². The Morgan fingerprint density at radius 2 is 1.97 bits per heavy atom. The lowest BCUT2D eigenvalue weighted by Crippen LogP contribution is -2.45. The summed E-state index contributed by atoms with van der Waals surface area (Å²) < 4.78 is 0. The quantitative estimate of drug-likeness (QED) is 0.702. The summed E-state index contributed by atoms with van der Waals surface area (Å²) in [5.41, 5.74) is 1.74. The van der Waals surface area contributed by atoms with Gasteiger partial charge in [0.15, 0.2) is 0 Å². The molecule has 2 aromatic rings. The lowest BCUT2D eigenvalue weighted by atomic mass is 9.96. The van der Waals surface area contributed by atoms with Gasteiger partial charge in [-0.05, 0) is 49.6 Å². The summed E-state index contributed by atoms with van der Waals surface area (Å²) in [6.45, 7) is 2.64. The average molecular weight is 414 g/mol. The van der Waals surface area contributed by atoms with Gasteiger partial charge in [0.25, 0.3) is 5.91 Å². The molecule has 154 valence electrons. The molecule has 0 aliphatic carbocycles. The van der Waals surface area contributed by atoms with Crippen LogP contribution in [0.5, 0.6) is 0 Å². The molecule has 1 aliphatic rings. The lowest BCUT2D eigenvalue weighted by Gasteiger charge is -2.32. The zero-order valence-electron chi connectivity index (χ0n) is 16.8. The Hall–Kier alpha value is -2.53. The minimum absolute atomic E-state index is 0.0379. The van der Waals surface area contributed by atoms with E-state index in [2.05, 4.69) is 29.4 Å². The van der Waals surface area contributed by atoms with E-state index in [1.165, 1.54) is 5.69 Å². The summed E-state index contributed by atoms with van der Waals surface area (Å²) in [6.07, 6.45) is 2.52. The number of likely N-dealkylation sites (tertiary alicyclic amines) is 1. The van der Waals surface area contributed by atoms with Gasteiger partial charge in [-0.15, -0.1) is 0 Å². The third-order valence-corrected chi connectivity index (χ3v) is 5.55. The summed E-state index contributed by atoms with van der Waals surface area (Å²) >= 11 is 6.00. The maximum atomic E-state index is 12.7. The van der Waals surface area contributed by atoms with E-state index in [-0.39, 0.29) is 17.7 Å². The number of halogens is 1. The number of hydrogen-bond acceptors (Lipinski definition) is 3. The fourth-order valence-corrected chi connectivity index (χ4v) is 3.85. The molecular weight excluding hydrogens is 386 g/mol. The highest BCUT2D eigenvalue weighted by Crippen LogP contribution is 2.20. The monoisotopic (exact) mass is 413 g/mol. The molecule has 1 heterocycles. The van der Waals surface area contributed by atoms with Gasteiger partial charge in [-0.1, -0.05) is 35.9 Å². The first kappa shape index (κ1) is 21.2. The van der Waals surface area contributed by atoms with Crippen molar-refractivity contribution in [1.29, 1.82) is 0 Å². The summed E-state index contributed by atoms with van der Waals surface area (Å²) in [4.78, 5) is 29.3. The average Bonchev–Trinajstić information content (AvgIpc) is 2.76. The predicted molar refractivity (Wildman–Crippen MR) is 117 cm³/mol. The Morgan fingerprint density at radius 1 is 1.17 bits per heavy atom. The van der Waals surface area contributed by atoms with Gasteiger partial charge in [-0.25, -0.2) is 0 Å². The maximum Gasteiger partial charge on any atom is 0.253 e. The highest BCUT2D eigenvalue weighted by molar-refractivity contribution is 6.30. The number of benzene rings is 2. The van der Waals surface area contributed by atoms with Crippen LogP contribution in [0.4, 0.5) is 5.69 Å². The minimum Gasteiger partial charge on any atom is -0.375 e. The number of rotatable bonds is 7. The smallest absolute Gasteiger partial charge is 0.253 e. The molecule has 1 unspecified atom stereocenters. The van der Waals surface area contributed by atoms with E-state index in [1.54, 1.807) is 29.2 Å². The van der Waals surface area contributed by atoms with Gasteiger partial charge in [0.05, 0.1) is 5.92 Å². The van der Waals surface area contributed by atoms with Crippen molar-refractivity contribution in [2.45, 2.75) is 19.3 Å². The van der Waals surface area contributed by atoms with Gasteiger partial charge in [-0.3, -0.25) is 9.59 Å². The van der Waals surface area contributed by atoms with E-state index >= 15 is 0 Å². The molecule has 6 heteroatoms. The second kappa shape index (κ2) is 10.3. The van der Waals surface area contributed by atoms with Gasteiger partial charge in [0.1, 0.15) is 0 Å². The molecule has 5 nitrogen and oxygen atoms in total. The fraction of sp³-hybridized carbons (Fsp3) is 0.391. The lowest BCUT2D eigenvalue weighted by molar-refractivity contribution is -0.126. The molecular formula is C23H28ClN3O2. The maximum absolute atomic E-state index is 12.7. The number of nitrogens with one attached hydrogen (secondary N) is 1. The van der Waals surface area contributed by atoms with Crippen molar-refractivity contribution in [3.05, 3.63) is 65.2 Å². The van der Waals surface area contributed by atoms with Gasteiger partial charge in [0, 0.05) is 49.5 Å². The Labute approximate surface area is 177 Å². The molecule has 0 spiro atoms. The Balaban J connectivity index is 1.44. The number of carbonyl (C=O) groups excluding carboxylic acids is 2. The number of hydrogen-bond donors (Lipinski definition) is 1. The van der Waals surface area contributed by atoms with Crippen LogP contribution in [0.2, 0.25) is 5.02 Å². The van der Waals surface area contributed by atoms with Crippen LogP contribution in [-0.2, 0) is 4.79 Å². The molecule has 29 heavy (non-hydrogen) atoms. The molecule has 1 atom stereocenters. The van der Waals surface area contributed by atoms with Crippen molar-refractivity contribution in [3.8, 4) is 0 Å². The largest absolute Gasteiger partial charge is 0.375 e. The van der Waals surface area contributed by atoms with E-state index in [9.17, 15) is 9.59 Å². The van der Waals surface area contributed by atoms with Crippen LogP contribution >= 0.6 is 11.6 Å². The van der Waals surface area contributed by atoms with Crippen LogP contribution in [0.15, 0.2) is 54.6 Å². The number of para-hydroxylation sites is 1. The zero-order chi connectivity index (χ0) is 20.6. The zero-order valence-corrected chi connectivity index (χ0v) is 17.6.